The van der Waals surface area contributed by atoms with E-state index in [-0.39, 0.29) is 6.10 Å². The first kappa shape index (κ1) is 20.2. The first-order valence-electron chi connectivity index (χ1n) is 8.98. The van der Waals surface area contributed by atoms with E-state index in [9.17, 15) is 4.79 Å². The van der Waals surface area contributed by atoms with Crippen LogP contribution >= 0.6 is 22.9 Å². The molecule has 4 rings (SSSR count). The fourth-order valence-corrected chi connectivity index (χ4v) is 4.00. The minimum atomic E-state index is -0.461. The quantitative estimate of drug-likeness (QED) is 0.467. The molecule has 0 unspecified atom stereocenters. The highest BCUT2D eigenvalue weighted by molar-refractivity contribution is 7.18. The standard InChI is InChI=1S/C19H18ClN7O2S/c1-10(29-3)15-14(9-22-18-16(15)24-11(2)30-18)26-19(28)25-12-7-13(20)17(21-8-12)27-6-4-5-23-27/h4-10H,1-3H3,(H2,25,26,28)/t10-/m1/s1. The molecule has 4 aromatic heterocycles. The van der Waals surface area contributed by atoms with Gasteiger partial charge in [0.1, 0.15) is 10.3 Å². The van der Waals surface area contributed by atoms with Crippen LogP contribution in [0.3, 0.4) is 0 Å². The van der Waals surface area contributed by atoms with Crippen molar-refractivity contribution in [2.75, 3.05) is 17.7 Å². The molecule has 0 saturated carbocycles. The van der Waals surface area contributed by atoms with E-state index in [1.54, 1.807) is 42.5 Å². The van der Waals surface area contributed by atoms with Gasteiger partial charge in [0.2, 0.25) is 0 Å². The largest absolute Gasteiger partial charge is 0.377 e. The lowest BCUT2D eigenvalue weighted by Crippen LogP contribution is -2.21. The predicted molar refractivity (Wildman–Crippen MR) is 117 cm³/mol. The monoisotopic (exact) mass is 443 g/mol. The Balaban J connectivity index is 1.57. The number of hydrogen-bond donors (Lipinski definition) is 2. The van der Waals surface area contributed by atoms with Crippen LogP contribution < -0.4 is 10.6 Å². The molecule has 0 spiro atoms. The van der Waals surface area contributed by atoms with E-state index in [0.29, 0.717) is 22.2 Å². The third-order valence-electron chi connectivity index (χ3n) is 4.38. The number of halogens is 1. The highest BCUT2D eigenvalue weighted by Crippen LogP contribution is 2.33. The van der Waals surface area contributed by atoms with E-state index >= 15 is 0 Å². The third kappa shape index (κ3) is 3.97. The van der Waals surface area contributed by atoms with Crippen LogP contribution in [-0.4, -0.2) is 37.9 Å². The molecule has 0 fully saturated rings. The summed E-state index contributed by atoms with van der Waals surface area (Å²) >= 11 is 7.78. The molecule has 30 heavy (non-hydrogen) atoms. The topological polar surface area (TPSA) is 107 Å². The molecule has 0 aromatic carbocycles. The maximum atomic E-state index is 12.6. The summed E-state index contributed by atoms with van der Waals surface area (Å²) in [5, 5.41) is 10.9. The molecule has 4 heterocycles. The second kappa shape index (κ2) is 8.34. The highest BCUT2D eigenvalue weighted by Gasteiger charge is 2.20. The molecular weight excluding hydrogens is 426 g/mol. The van der Waals surface area contributed by atoms with Gasteiger partial charge in [0.25, 0.3) is 0 Å². The normalized spacial score (nSPS) is 12.1. The number of anilines is 2. The Hall–Kier alpha value is -3.08. The number of pyridine rings is 2. The van der Waals surface area contributed by atoms with Gasteiger partial charge in [0, 0.05) is 25.1 Å². The number of carbonyl (C=O) groups excluding carboxylic acids is 1. The SMILES string of the molecule is CO[C@H](C)c1c(NC(=O)Nc2cnc(-n3cccn3)c(Cl)c2)cnc2sc(C)nc12. The number of rotatable bonds is 5. The Morgan fingerprint density at radius 3 is 2.83 bits per heavy atom. The van der Waals surface area contributed by atoms with Gasteiger partial charge < -0.3 is 15.4 Å². The van der Waals surface area contributed by atoms with Crippen molar-refractivity contribution in [2.45, 2.75) is 20.0 Å². The number of aryl methyl sites for hydroxylation is 1. The highest BCUT2D eigenvalue weighted by atomic mass is 35.5. The molecule has 9 nitrogen and oxygen atoms in total. The van der Waals surface area contributed by atoms with Crippen LogP contribution in [0.4, 0.5) is 16.2 Å². The lowest BCUT2D eigenvalue weighted by molar-refractivity contribution is 0.121. The lowest BCUT2D eigenvalue weighted by Gasteiger charge is -2.16. The van der Waals surface area contributed by atoms with Crippen molar-refractivity contribution < 1.29 is 9.53 Å². The molecule has 0 radical (unpaired) electrons. The van der Waals surface area contributed by atoms with Gasteiger partial charge in [-0.25, -0.2) is 24.4 Å². The number of carbonyl (C=O) groups is 1. The number of nitrogens with zero attached hydrogens (tertiary/aromatic N) is 5. The van der Waals surface area contributed by atoms with Crippen LogP contribution in [0.25, 0.3) is 16.2 Å². The average Bonchev–Trinajstić information content (AvgIpc) is 3.36. The molecule has 1 atom stereocenters. The Labute approximate surface area is 181 Å². The molecule has 0 saturated heterocycles. The number of aromatic nitrogens is 5. The molecule has 2 amide bonds. The fourth-order valence-electron chi connectivity index (χ4n) is 2.97. The number of hydrogen-bond acceptors (Lipinski definition) is 7. The van der Waals surface area contributed by atoms with E-state index in [4.69, 9.17) is 16.3 Å². The zero-order valence-electron chi connectivity index (χ0n) is 16.4. The van der Waals surface area contributed by atoms with Gasteiger partial charge in [-0.3, -0.25) is 0 Å². The average molecular weight is 444 g/mol. The first-order chi connectivity index (χ1) is 14.5. The fraction of sp³-hybridized carbons (Fsp3) is 0.211. The summed E-state index contributed by atoms with van der Waals surface area (Å²) in [7, 11) is 1.61. The minimum Gasteiger partial charge on any atom is -0.377 e. The predicted octanol–water partition coefficient (Wildman–Crippen LogP) is 4.59. The second-order valence-electron chi connectivity index (χ2n) is 6.41. The summed E-state index contributed by atoms with van der Waals surface area (Å²) in [6.45, 7) is 3.81. The van der Waals surface area contributed by atoms with Crippen LogP contribution in [0.5, 0.6) is 0 Å². The van der Waals surface area contributed by atoms with E-state index in [0.717, 1.165) is 20.9 Å². The zero-order valence-corrected chi connectivity index (χ0v) is 18.0. The van der Waals surface area contributed by atoms with E-state index in [2.05, 4.69) is 30.7 Å². The molecule has 4 aromatic rings. The lowest BCUT2D eigenvalue weighted by atomic mass is 10.1. The van der Waals surface area contributed by atoms with Crippen LogP contribution in [0.2, 0.25) is 5.02 Å². The van der Waals surface area contributed by atoms with Crippen LogP contribution in [0, 0.1) is 6.92 Å². The van der Waals surface area contributed by atoms with Crippen LogP contribution in [0.1, 0.15) is 23.6 Å². The van der Waals surface area contributed by atoms with Crippen molar-refractivity contribution in [3.63, 3.8) is 0 Å². The van der Waals surface area contributed by atoms with E-state index in [1.807, 2.05) is 13.8 Å². The smallest absolute Gasteiger partial charge is 0.323 e. The van der Waals surface area contributed by atoms with E-state index in [1.165, 1.54) is 17.5 Å². The number of nitrogens with one attached hydrogen (secondary N) is 2. The number of methoxy groups -OCH3 is 1. The molecular formula is C19H18ClN7O2S. The number of fused-ring (bicyclic) bond motifs is 1. The van der Waals surface area contributed by atoms with Crippen molar-refractivity contribution in [1.29, 1.82) is 0 Å². The van der Waals surface area contributed by atoms with Crippen LogP contribution in [-0.2, 0) is 4.74 Å². The summed E-state index contributed by atoms with van der Waals surface area (Å²) in [5.41, 5.74) is 2.45. The van der Waals surface area contributed by atoms with Crippen molar-refractivity contribution in [2.24, 2.45) is 0 Å². The number of urea groups is 1. The summed E-state index contributed by atoms with van der Waals surface area (Å²) in [6, 6.07) is 2.91. The zero-order chi connectivity index (χ0) is 21.3. The van der Waals surface area contributed by atoms with Crippen LogP contribution in [0.15, 0.2) is 36.9 Å². The Morgan fingerprint density at radius 1 is 1.30 bits per heavy atom. The summed E-state index contributed by atoms with van der Waals surface area (Å²) in [4.78, 5) is 26.6. The number of amides is 2. The van der Waals surface area contributed by atoms with Gasteiger partial charge in [-0.2, -0.15) is 5.10 Å². The van der Waals surface area contributed by atoms with Crippen molar-refractivity contribution in [1.82, 2.24) is 24.7 Å². The number of thiazole rings is 1. The summed E-state index contributed by atoms with van der Waals surface area (Å²) in [6.07, 6.45) is 6.20. The van der Waals surface area contributed by atoms with Gasteiger partial charge in [0.15, 0.2) is 5.82 Å². The number of ether oxygens (including phenoxy) is 1. The minimum absolute atomic E-state index is 0.281. The Bertz CT molecular complexity index is 1210. The van der Waals surface area contributed by atoms with Crippen molar-refractivity contribution >= 4 is 50.7 Å². The first-order valence-corrected chi connectivity index (χ1v) is 10.2. The van der Waals surface area contributed by atoms with Gasteiger partial charge in [0.05, 0.1) is 39.9 Å². The van der Waals surface area contributed by atoms with Gasteiger partial charge in [-0.15, -0.1) is 0 Å². The maximum Gasteiger partial charge on any atom is 0.323 e. The molecule has 0 bridgehead atoms. The van der Waals surface area contributed by atoms with Crippen molar-refractivity contribution in [3.05, 3.63) is 52.5 Å². The molecule has 154 valence electrons. The van der Waals surface area contributed by atoms with Gasteiger partial charge in [-0.05, 0) is 26.0 Å². The molecule has 2 N–H and O–H groups in total. The molecule has 0 aliphatic rings. The Morgan fingerprint density at radius 2 is 2.13 bits per heavy atom. The van der Waals surface area contributed by atoms with E-state index < -0.39 is 6.03 Å². The summed E-state index contributed by atoms with van der Waals surface area (Å²) in [5.74, 6) is 0.470. The summed E-state index contributed by atoms with van der Waals surface area (Å²) < 4.78 is 7.03. The molecule has 0 aliphatic heterocycles. The van der Waals surface area contributed by atoms with Crippen molar-refractivity contribution in [3.8, 4) is 5.82 Å². The van der Waals surface area contributed by atoms with Gasteiger partial charge >= 0.3 is 6.03 Å². The second-order valence-corrected chi connectivity index (χ2v) is 8.00. The Kier molecular flexibility index (Phi) is 5.62. The molecule has 0 aliphatic carbocycles. The van der Waals surface area contributed by atoms with Gasteiger partial charge in [-0.1, -0.05) is 22.9 Å². The third-order valence-corrected chi connectivity index (χ3v) is 5.54. The maximum absolute atomic E-state index is 12.6. The molecule has 11 heteroatoms.